The lowest BCUT2D eigenvalue weighted by Gasteiger charge is -2.30. The molecule has 3 aromatic rings. The highest BCUT2D eigenvalue weighted by atomic mass is 16.5. The van der Waals surface area contributed by atoms with Gasteiger partial charge in [-0.25, -0.2) is 4.79 Å². The molecule has 1 saturated heterocycles. The van der Waals surface area contributed by atoms with E-state index < -0.39 is 11.6 Å². The standard InChI is InChI=1S/C26H28N4O3/c1-26(24(31)29-25(32)30-26)20-5-2-17(3-6-20)15-28-21-7-10-22(11-8-21)33-23-9-4-19-16-27-13-12-18(19)14-23/h2-6,9,12-14,16,21-22,28H,7-8,10-11,15H2,1H3,(H2,29,30,31,32). The monoisotopic (exact) mass is 444 g/mol. The second-order valence-electron chi connectivity index (χ2n) is 9.09. The lowest BCUT2D eigenvalue weighted by atomic mass is 9.91. The van der Waals surface area contributed by atoms with Crippen LogP contribution in [0.3, 0.4) is 0 Å². The molecule has 1 unspecified atom stereocenters. The van der Waals surface area contributed by atoms with Gasteiger partial charge in [-0.05, 0) is 73.4 Å². The summed E-state index contributed by atoms with van der Waals surface area (Å²) in [6.45, 7) is 2.49. The molecule has 1 saturated carbocycles. The summed E-state index contributed by atoms with van der Waals surface area (Å²) in [5, 5.41) is 10.9. The van der Waals surface area contributed by atoms with Crippen molar-refractivity contribution in [3.05, 3.63) is 72.1 Å². The first-order valence-corrected chi connectivity index (χ1v) is 11.5. The third-order valence-electron chi connectivity index (χ3n) is 6.76. The normalized spacial score (nSPS) is 25.0. The Bertz CT molecular complexity index is 1170. The van der Waals surface area contributed by atoms with Crippen molar-refractivity contribution >= 4 is 22.7 Å². The third kappa shape index (κ3) is 4.54. The maximum absolute atomic E-state index is 12.1. The first kappa shape index (κ1) is 21.4. The van der Waals surface area contributed by atoms with Crippen LogP contribution in [0.25, 0.3) is 10.8 Å². The average molecular weight is 445 g/mol. The van der Waals surface area contributed by atoms with E-state index in [1.54, 1.807) is 13.1 Å². The van der Waals surface area contributed by atoms with Crippen LogP contribution in [0.1, 0.15) is 43.7 Å². The summed E-state index contributed by atoms with van der Waals surface area (Å²) < 4.78 is 6.25. The summed E-state index contributed by atoms with van der Waals surface area (Å²) in [5.74, 6) is 0.601. The SMILES string of the molecule is CC1(c2ccc(CNC3CCC(Oc4ccc5cnccc5c4)CC3)cc2)NC(=O)NC1=O. The Morgan fingerprint density at radius 2 is 1.82 bits per heavy atom. The Morgan fingerprint density at radius 1 is 1.03 bits per heavy atom. The Balaban J connectivity index is 1.10. The van der Waals surface area contributed by atoms with E-state index in [0.29, 0.717) is 6.04 Å². The quantitative estimate of drug-likeness (QED) is 0.504. The number of fused-ring (bicyclic) bond motifs is 1. The highest BCUT2D eigenvalue weighted by Crippen LogP contribution is 2.27. The minimum Gasteiger partial charge on any atom is -0.490 e. The summed E-state index contributed by atoms with van der Waals surface area (Å²) in [6.07, 6.45) is 8.12. The Labute approximate surface area is 192 Å². The van der Waals surface area contributed by atoms with Crippen molar-refractivity contribution in [1.29, 1.82) is 0 Å². The second-order valence-corrected chi connectivity index (χ2v) is 9.09. The van der Waals surface area contributed by atoms with E-state index in [9.17, 15) is 9.59 Å². The number of pyridine rings is 1. The van der Waals surface area contributed by atoms with Gasteiger partial charge in [0.05, 0.1) is 6.10 Å². The highest BCUT2D eigenvalue weighted by molar-refractivity contribution is 6.07. The highest BCUT2D eigenvalue weighted by Gasteiger charge is 2.43. The molecule has 1 atom stereocenters. The van der Waals surface area contributed by atoms with Crippen LogP contribution < -0.4 is 20.7 Å². The molecule has 33 heavy (non-hydrogen) atoms. The molecule has 0 radical (unpaired) electrons. The van der Waals surface area contributed by atoms with Gasteiger partial charge in [-0.15, -0.1) is 0 Å². The van der Waals surface area contributed by atoms with E-state index in [0.717, 1.165) is 59.9 Å². The predicted octanol–water partition coefficient (Wildman–Crippen LogP) is 3.77. The molecule has 5 rings (SSSR count). The maximum Gasteiger partial charge on any atom is 0.322 e. The Kier molecular flexibility index (Phi) is 5.72. The third-order valence-corrected chi connectivity index (χ3v) is 6.76. The molecule has 2 heterocycles. The number of urea groups is 1. The van der Waals surface area contributed by atoms with Crippen LogP contribution in [0.15, 0.2) is 60.9 Å². The number of amides is 3. The van der Waals surface area contributed by atoms with Gasteiger partial charge in [-0.2, -0.15) is 0 Å². The van der Waals surface area contributed by atoms with Crippen LogP contribution in [0.4, 0.5) is 4.79 Å². The number of rotatable bonds is 6. The molecule has 3 N–H and O–H groups in total. The van der Waals surface area contributed by atoms with Crippen LogP contribution in [-0.2, 0) is 16.9 Å². The molecular weight excluding hydrogens is 416 g/mol. The number of imide groups is 1. The van der Waals surface area contributed by atoms with Crippen molar-refractivity contribution in [2.45, 2.75) is 56.8 Å². The minimum atomic E-state index is -1.01. The number of benzene rings is 2. The molecule has 7 heteroatoms. The number of hydrogen-bond acceptors (Lipinski definition) is 5. The van der Waals surface area contributed by atoms with Crippen molar-refractivity contribution in [3.63, 3.8) is 0 Å². The molecule has 2 fully saturated rings. The lowest BCUT2D eigenvalue weighted by molar-refractivity contribution is -0.123. The molecule has 2 aliphatic rings. The van der Waals surface area contributed by atoms with Crippen molar-refractivity contribution in [2.75, 3.05) is 0 Å². The molecule has 1 aliphatic heterocycles. The van der Waals surface area contributed by atoms with Gasteiger partial charge in [0.15, 0.2) is 0 Å². The van der Waals surface area contributed by atoms with Crippen LogP contribution >= 0.6 is 0 Å². The van der Waals surface area contributed by atoms with Crippen LogP contribution in [-0.4, -0.2) is 29.1 Å². The van der Waals surface area contributed by atoms with Crippen molar-refractivity contribution < 1.29 is 14.3 Å². The van der Waals surface area contributed by atoms with Crippen molar-refractivity contribution in [2.24, 2.45) is 0 Å². The van der Waals surface area contributed by atoms with Gasteiger partial charge < -0.3 is 15.4 Å². The zero-order valence-electron chi connectivity index (χ0n) is 18.6. The number of carbonyl (C=O) groups excluding carboxylic acids is 2. The molecule has 1 aromatic heterocycles. The average Bonchev–Trinajstić information content (AvgIpc) is 3.10. The topological polar surface area (TPSA) is 92.3 Å². The molecule has 170 valence electrons. The fourth-order valence-electron chi connectivity index (χ4n) is 4.68. The first-order chi connectivity index (χ1) is 16.0. The van der Waals surface area contributed by atoms with Crippen molar-refractivity contribution in [1.82, 2.24) is 20.9 Å². The summed E-state index contributed by atoms with van der Waals surface area (Å²) in [4.78, 5) is 27.8. The number of hydrogen-bond donors (Lipinski definition) is 3. The molecule has 2 aromatic carbocycles. The number of ether oxygens (including phenoxy) is 1. The van der Waals surface area contributed by atoms with E-state index in [1.807, 2.05) is 42.6 Å². The van der Waals surface area contributed by atoms with Gasteiger partial charge in [0.25, 0.3) is 5.91 Å². The van der Waals surface area contributed by atoms with Crippen molar-refractivity contribution in [3.8, 4) is 5.75 Å². The summed E-state index contributed by atoms with van der Waals surface area (Å²) in [6, 6.07) is 16.0. The van der Waals surface area contributed by atoms with E-state index in [2.05, 4.69) is 33.1 Å². The fraction of sp³-hybridized carbons (Fsp3) is 0.346. The Morgan fingerprint density at radius 3 is 2.55 bits per heavy atom. The predicted molar refractivity (Wildman–Crippen MR) is 126 cm³/mol. The molecule has 3 amide bonds. The second kappa shape index (κ2) is 8.83. The maximum atomic E-state index is 12.1. The molecule has 0 bridgehead atoms. The summed E-state index contributed by atoms with van der Waals surface area (Å²) in [7, 11) is 0. The lowest BCUT2D eigenvalue weighted by Crippen LogP contribution is -2.40. The van der Waals surface area contributed by atoms with Gasteiger partial charge >= 0.3 is 6.03 Å². The first-order valence-electron chi connectivity index (χ1n) is 11.5. The number of nitrogens with one attached hydrogen (secondary N) is 3. The van der Waals surface area contributed by atoms with Gasteiger partial charge in [0.1, 0.15) is 11.3 Å². The molecular formula is C26H28N4O3. The summed E-state index contributed by atoms with van der Waals surface area (Å²) >= 11 is 0. The largest absolute Gasteiger partial charge is 0.490 e. The van der Waals surface area contributed by atoms with Crippen LogP contribution in [0.5, 0.6) is 5.75 Å². The Hall–Kier alpha value is -3.45. The fourth-order valence-corrected chi connectivity index (χ4v) is 4.68. The van der Waals surface area contributed by atoms with Crippen LogP contribution in [0.2, 0.25) is 0 Å². The minimum absolute atomic E-state index is 0.245. The van der Waals surface area contributed by atoms with Gasteiger partial charge in [0, 0.05) is 30.4 Å². The van der Waals surface area contributed by atoms with E-state index >= 15 is 0 Å². The van der Waals surface area contributed by atoms with E-state index in [4.69, 9.17) is 4.74 Å². The zero-order valence-corrected chi connectivity index (χ0v) is 18.6. The number of nitrogens with zero attached hydrogens (tertiary/aromatic N) is 1. The van der Waals surface area contributed by atoms with Gasteiger partial charge in [0.2, 0.25) is 0 Å². The molecule has 7 nitrogen and oxygen atoms in total. The zero-order chi connectivity index (χ0) is 22.8. The van der Waals surface area contributed by atoms with Gasteiger partial charge in [-0.3, -0.25) is 15.1 Å². The smallest absolute Gasteiger partial charge is 0.322 e. The van der Waals surface area contributed by atoms with E-state index in [-0.39, 0.29) is 12.0 Å². The summed E-state index contributed by atoms with van der Waals surface area (Å²) in [5.41, 5.74) is 0.914. The van der Waals surface area contributed by atoms with Gasteiger partial charge in [-0.1, -0.05) is 24.3 Å². The number of carbonyl (C=O) groups is 2. The number of aromatic nitrogens is 1. The van der Waals surface area contributed by atoms with E-state index in [1.165, 1.54) is 0 Å². The molecule has 1 aliphatic carbocycles. The molecule has 0 spiro atoms. The van der Waals surface area contributed by atoms with Crippen LogP contribution in [0, 0.1) is 0 Å².